The van der Waals surface area contributed by atoms with Crippen LogP contribution < -0.4 is 10.6 Å². The Morgan fingerprint density at radius 3 is 2.55 bits per heavy atom. The summed E-state index contributed by atoms with van der Waals surface area (Å²) in [6.45, 7) is 2.50. The van der Waals surface area contributed by atoms with E-state index in [9.17, 15) is 14.4 Å². The number of hydrogen-bond donors (Lipinski definition) is 2. The Hall–Kier alpha value is -3.15. The van der Waals surface area contributed by atoms with Crippen molar-refractivity contribution in [3.05, 3.63) is 65.7 Å². The second-order valence-electron chi connectivity index (χ2n) is 7.88. The van der Waals surface area contributed by atoms with Crippen LogP contribution in [-0.4, -0.2) is 34.7 Å². The molecule has 0 bridgehead atoms. The molecule has 1 aliphatic carbocycles. The van der Waals surface area contributed by atoms with Gasteiger partial charge in [0.1, 0.15) is 0 Å². The van der Waals surface area contributed by atoms with E-state index in [1.165, 1.54) is 0 Å². The summed E-state index contributed by atoms with van der Waals surface area (Å²) in [5.74, 6) is -0.0848. The maximum absolute atomic E-state index is 12.7. The van der Waals surface area contributed by atoms with E-state index < -0.39 is 0 Å². The fourth-order valence-electron chi connectivity index (χ4n) is 3.68. The van der Waals surface area contributed by atoms with Crippen molar-refractivity contribution in [2.24, 2.45) is 5.92 Å². The lowest BCUT2D eigenvalue weighted by Crippen LogP contribution is -2.43. The van der Waals surface area contributed by atoms with Crippen molar-refractivity contribution in [1.82, 2.24) is 10.2 Å². The van der Waals surface area contributed by atoms with E-state index in [4.69, 9.17) is 0 Å². The number of nitrogens with one attached hydrogen (secondary N) is 2. The van der Waals surface area contributed by atoms with Crippen LogP contribution in [-0.2, 0) is 16.1 Å². The van der Waals surface area contributed by atoms with Crippen LogP contribution in [0.25, 0.3) is 0 Å². The second kappa shape index (κ2) is 8.07. The number of benzene rings is 2. The van der Waals surface area contributed by atoms with E-state index in [1.54, 1.807) is 24.3 Å². The van der Waals surface area contributed by atoms with Crippen LogP contribution in [0, 0.1) is 5.92 Å². The fraction of sp³-hybridized carbons (Fsp3) is 0.348. The van der Waals surface area contributed by atoms with Gasteiger partial charge in [0.2, 0.25) is 11.8 Å². The average molecular weight is 391 g/mol. The zero-order valence-electron chi connectivity index (χ0n) is 16.4. The molecule has 150 valence electrons. The SMILES string of the molecule is C[C@@H]1[C@@H](NC(=O)c2cccc(NC(=O)C3CC3)c2)CC(=O)N1Cc1ccccc1. The summed E-state index contributed by atoms with van der Waals surface area (Å²) in [5, 5.41) is 5.85. The lowest BCUT2D eigenvalue weighted by atomic mass is 10.1. The second-order valence-corrected chi connectivity index (χ2v) is 7.88. The van der Waals surface area contributed by atoms with Gasteiger partial charge >= 0.3 is 0 Å². The molecule has 3 amide bonds. The summed E-state index contributed by atoms with van der Waals surface area (Å²) in [6, 6.07) is 16.4. The molecule has 0 spiro atoms. The topological polar surface area (TPSA) is 78.5 Å². The van der Waals surface area contributed by atoms with Crippen LogP contribution >= 0.6 is 0 Å². The first-order valence-electron chi connectivity index (χ1n) is 10.1. The number of nitrogens with zero attached hydrogens (tertiary/aromatic N) is 1. The highest BCUT2D eigenvalue weighted by Crippen LogP contribution is 2.30. The van der Waals surface area contributed by atoms with E-state index in [0.29, 0.717) is 17.8 Å². The molecule has 4 rings (SSSR count). The minimum absolute atomic E-state index is 0.00845. The Kier molecular flexibility index (Phi) is 5.34. The standard InChI is InChI=1S/C23H25N3O3/c1-15-20(13-21(27)26(15)14-16-6-3-2-4-7-16)25-23(29)18-8-5-9-19(12-18)24-22(28)17-10-11-17/h2-9,12,15,17,20H,10-11,13-14H2,1H3,(H,24,28)(H,25,29)/t15-,20+/m1/s1. The van der Waals surface area contributed by atoms with Crippen LogP contribution in [0.1, 0.15) is 42.1 Å². The van der Waals surface area contributed by atoms with Crippen molar-refractivity contribution in [2.75, 3.05) is 5.32 Å². The molecule has 1 heterocycles. The van der Waals surface area contributed by atoms with Crippen molar-refractivity contribution >= 4 is 23.4 Å². The van der Waals surface area contributed by atoms with Gasteiger partial charge in [0, 0.05) is 36.2 Å². The van der Waals surface area contributed by atoms with Gasteiger partial charge in [-0.3, -0.25) is 14.4 Å². The number of carbonyl (C=O) groups excluding carboxylic acids is 3. The molecule has 0 aromatic heterocycles. The van der Waals surface area contributed by atoms with Gasteiger partial charge in [0.25, 0.3) is 5.91 Å². The highest BCUT2D eigenvalue weighted by Gasteiger charge is 2.37. The third kappa shape index (κ3) is 4.47. The fourth-order valence-corrected chi connectivity index (χ4v) is 3.68. The Morgan fingerprint density at radius 2 is 1.83 bits per heavy atom. The van der Waals surface area contributed by atoms with Crippen LogP contribution in [0.2, 0.25) is 0 Å². The Balaban J connectivity index is 1.39. The van der Waals surface area contributed by atoms with Gasteiger partial charge in [-0.15, -0.1) is 0 Å². The van der Waals surface area contributed by atoms with E-state index in [-0.39, 0.29) is 42.1 Å². The largest absolute Gasteiger partial charge is 0.347 e. The molecule has 1 aliphatic heterocycles. The minimum atomic E-state index is -0.247. The first kappa shape index (κ1) is 19.2. The number of carbonyl (C=O) groups is 3. The molecule has 0 unspecified atom stereocenters. The minimum Gasteiger partial charge on any atom is -0.347 e. The molecule has 1 saturated carbocycles. The van der Waals surface area contributed by atoms with Gasteiger partial charge in [-0.05, 0) is 43.5 Å². The predicted octanol–water partition coefficient (Wildman–Crippen LogP) is 2.95. The molecular weight excluding hydrogens is 366 g/mol. The van der Waals surface area contributed by atoms with Crippen molar-refractivity contribution < 1.29 is 14.4 Å². The van der Waals surface area contributed by atoms with Gasteiger partial charge in [0.15, 0.2) is 0 Å². The lowest BCUT2D eigenvalue weighted by Gasteiger charge is -2.25. The van der Waals surface area contributed by atoms with Gasteiger partial charge in [-0.1, -0.05) is 36.4 Å². The van der Waals surface area contributed by atoms with Crippen molar-refractivity contribution in [1.29, 1.82) is 0 Å². The summed E-state index contributed by atoms with van der Waals surface area (Å²) < 4.78 is 0. The molecule has 2 aromatic rings. The first-order valence-corrected chi connectivity index (χ1v) is 10.1. The van der Waals surface area contributed by atoms with Crippen LogP contribution in [0.5, 0.6) is 0 Å². The van der Waals surface area contributed by atoms with Gasteiger partial charge in [-0.2, -0.15) is 0 Å². The summed E-state index contributed by atoms with van der Waals surface area (Å²) in [4.78, 5) is 39.0. The van der Waals surface area contributed by atoms with Crippen molar-refractivity contribution in [3.63, 3.8) is 0 Å². The van der Waals surface area contributed by atoms with E-state index in [0.717, 1.165) is 18.4 Å². The molecular formula is C23H25N3O3. The van der Waals surface area contributed by atoms with E-state index in [1.807, 2.05) is 42.2 Å². The first-order chi connectivity index (χ1) is 14.0. The number of hydrogen-bond acceptors (Lipinski definition) is 3. The molecule has 2 fully saturated rings. The summed E-state index contributed by atoms with van der Waals surface area (Å²) >= 11 is 0. The molecule has 0 radical (unpaired) electrons. The number of rotatable bonds is 6. The molecule has 2 atom stereocenters. The third-order valence-electron chi connectivity index (χ3n) is 5.64. The van der Waals surface area contributed by atoms with Crippen LogP contribution in [0.3, 0.4) is 0 Å². The number of amides is 3. The molecule has 6 heteroatoms. The molecule has 6 nitrogen and oxygen atoms in total. The highest BCUT2D eigenvalue weighted by atomic mass is 16.2. The van der Waals surface area contributed by atoms with Crippen molar-refractivity contribution in [2.45, 2.75) is 44.8 Å². The maximum atomic E-state index is 12.7. The van der Waals surface area contributed by atoms with Crippen molar-refractivity contribution in [3.8, 4) is 0 Å². The number of anilines is 1. The molecule has 29 heavy (non-hydrogen) atoms. The zero-order chi connectivity index (χ0) is 20.4. The van der Waals surface area contributed by atoms with Gasteiger partial charge in [0.05, 0.1) is 6.04 Å². The summed E-state index contributed by atoms with van der Waals surface area (Å²) in [5.41, 5.74) is 2.16. The summed E-state index contributed by atoms with van der Waals surface area (Å²) in [7, 11) is 0. The molecule has 2 aliphatic rings. The third-order valence-corrected chi connectivity index (χ3v) is 5.64. The van der Waals surface area contributed by atoms with Gasteiger partial charge < -0.3 is 15.5 Å². The van der Waals surface area contributed by atoms with E-state index >= 15 is 0 Å². The van der Waals surface area contributed by atoms with E-state index in [2.05, 4.69) is 10.6 Å². The van der Waals surface area contributed by atoms with Gasteiger partial charge in [-0.25, -0.2) is 0 Å². The quantitative estimate of drug-likeness (QED) is 0.795. The highest BCUT2D eigenvalue weighted by molar-refractivity contribution is 5.98. The zero-order valence-corrected chi connectivity index (χ0v) is 16.4. The molecule has 1 saturated heterocycles. The average Bonchev–Trinajstić information content (AvgIpc) is 3.54. The normalized spacial score (nSPS) is 21.1. The monoisotopic (exact) mass is 391 g/mol. The maximum Gasteiger partial charge on any atom is 0.251 e. The Labute approximate surface area is 170 Å². The van der Waals surface area contributed by atoms with Crippen LogP contribution in [0.15, 0.2) is 54.6 Å². The summed E-state index contributed by atoms with van der Waals surface area (Å²) in [6.07, 6.45) is 2.15. The molecule has 2 N–H and O–H groups in total. The Morgan fingerprint density at radius 1 is 1.07 bits per heavy atom. The smallest absolute Gasteiger partial charge is 0.251 e. The predicted molar refractivity (Wildman–Crippen MR) is 110 cm³/mol. The molecule has 2 aromatic carbocycles. The lowest BCUT2D eigenvalue weighted by molar-refractivity contribution is -0.129. The van der Waals surface area contributed by atoms with Crippen LogP contribution in [0.4, 0.5) is 5.69 Å². The Bertz CT molecular complexity index is 924. The number of likely N-dealkylation sites (tertiary alicyclic amines) is 1.